The Hall–Kier alpha value is -1.43. The van der Waals surface area contributed by atoms with Gasteiger partial charge in [-0.2, -0.15) is 0 Å². The Labute approximate surface area is 91.5 Å². The summed E-state index contributed by atoms with van der Waals surface area (Å²) in [6, 6.07) is 0. The Morgan fingerprint density at radius 1 is 1.40 bits per heavy atom. The SMILES string of the molecule is CCOC(=O)c1c(CC)[nH]c(=S)[nH]c1=O. The van der Waals surface area contributed by atoms with Gasteiger partial charge < -0.3 is 9.72 Å². The third-order valence-corrected chi connectivity index (χ3v) is 2.06. The summed E-state index contributed by atoms with van der Waals surface area (Å²) in [7, 11) is 0. The van der Waals surface area contributed by atoms with Crippen LogP contribution in [0.5, 0.6) is 0 Å². The van der Waals surface area contributed by atoms with Gasteiger partial charge in [0, 0.05) is 5.69 Å². The van der Waals surface area contributed by atoms with E-state index in [0.29, 0.717) is 12.1 Å². The van der Waals surface area contributed by atoms with Gasteiger partial charge in [0.05, 0.1) is 6.61 Å². The van der Waals surface area contributed by atoms with E-state index in [1.807, 2.05) is 6.92 Å². The highest BCUT2D eigenvalue weighted by Crippen LogP contribution is 2.02. The van der Waals surface area contributed by atoms with E-state index >= 15 is 0 Å². The van der Waals surface area contributed by atoms with Crippen molar-refractivity contribution in [3.63, 3.8) is 0 Å². The van der Waals surface area contributed by atoms with Gasteiger partial charge >= 0.3 is 5.97 Å². The fraction of sp³-hybridized carbons (Fsp3) is 0.444. The first-order valence-electron chi connectivity index (χ1n) is 4.62. The Morgan fingerprint density at radius 2 is 2.07 bits per heavy atom. The summed E-state index contributed by atoms with van der Waals surface area (Å²) in [5, 5.41) is 0. The van der Waals surface area contributed by atoms with E-state index in [4.69, 9.17) is 17.0 Å². The zero-order valence-corrected chi connectivity index (χ0v) is 9.36. The molecule has 0 atom stereocenters. The van der Waals surface area contributed by atoms with Gasteiger partial charge in [-0.1, -0.05) is 6.92 Å². The lowest BCUT2D eigenvalue weighted by Crippen LogP contribution is -2.23. The van der Waals surface area contributed by atoms with Crippen molar-refractivity contribution in [2.45, 2.75) is 20.3 Å². The number of nitrogens with one attached hydrogen (secondary N) is 2. The third-order valence-electron chi connectivity index (χ3n) is 1.85. The molecule has 1 rings (SSSR count). The second-order valence-corrected chi connectivity index (χ2v) is 3.24. The molecule has 6 heteroatoms. The fourth-order valence-corrected chi connectivity index (χ4v) is 1.43. The van der Waals surface area contributed by atoms with Crippen molar-refractivity contribution >= 4 is 18.2 Å². The average Bonchev–Trinajstić information content (AvgIpc) is 2.16. The molecule has 0 unspecified atom stereocenters. The minimum absolute atomic E-state index is 0.00736. The standard InChI is InChI=1S/C9H12N2O3S/c1-3-5-6(8(13)14-4-2)7(12)11-9(15)10-5/h3-4H2,1-2H3,(H2,10,11,12,15). The van der Waals surface area contributed by atoms with Gasteiger partial charge in [-0.3, -0.25) is 9.78 Å². The van der Waals surface area contributed by atoms with E-state index in [2.05, 4.69) is 9.97 Å². The van der Waals surface area contributed by atoms with Crippen LogP contribution in [0.1, 0.15) is 29.9 Å². The summed E-state index contributed by atoms with van der Waals surface area (Å²) in [6.07, 6.45) is 0.516. The predicted octanol–water partition coefficient (Wildman–Crippen LogP) is 1.17. The molecule has 0 fully saturated rings. The maximum absolute atomic E-state index is 11.5. The lowest BCUT2D eigenvalue weighted by molar-refractivity contribution is 0.0522. The smallest absolute Gasteiger partial charge is 0.345 e. The van der Waals surface area contributed by atoms with Crippen LogP contribution in [0.4, 0.5) is 0 Å². The summed E-state index contributed by atoms with van der Waals surface area (Å²) >= 11 is 4.80. The molecule has 1 aromatic rings. The lowest BCUT2D eigenvalue weighted by atomic mass is 10.2. The molecule has 0 aromatic carbocycles. The van der Waals surface area contributed by atoms with Gasteiger partial charge in [0.25, 0.3) is 5.56 Å². The first-order valence-corrected chi connectivity index (χ1v) is 5.03. The second-order valence-electron chi connectivity index (χ2n) is 2.84. The molecule has 1 aromatic heterocycles. The topological polar surface area (TPSA) is 75.0 Å². The summed E-state index contributed by atoms with van der Waals surface area (Å²) in [6.45, 7) is 3.74. The first kappa shape index (κ1) is 11.6. The van der Waals surface area contributed by atoms with Crippen LogP contribution in [-0.4, -0.2) is 22.5 Å². The number of hydrogen-bond acceptors (Lipinski definition) is 4. The quantitative estimate of drug-likeness (QED) is 0.601. The van der Waals surface area contributed by atoms with Crippen LogP contribution in [0.3, 0.4) is 0 Å². The van der Waals surface area contributed by atoms with Crippen molar-refractivity contribution in [3.8, 4) is 0 Å². The van der Waals surface area contributed by atoms with Crippen LogP contribution < -0.4 is 5.56 Å². The van der Waals surface area contributed by atoms with E-state index in [1.165, 1.54) is 0 Å². The number of ether oxygens (including phenoxy) is 1. The largest absolute Gasteiger partial charge is 0.462 e. The van der Waals surface area contributed by atoms with Crippen molar-refractivity contribution in [3.05, 3.63) is 26.4 Å². The third kappa shape index (κ3) is 2.53. The molecule has 0 bridgehead atoms. The number of aromatic nitrogens is 2. The normalized spacial score (nSPS) is 10.0. The molecule has 0 saturated heterocycles. The van der Waals surface area contributed by atoms with Crippen LogP contribution in [0.25, 0.3) is 0 Å². The maximum Gasteiger partial charge on any atom is 0.345 e. The Morgan fingerprint density at radius 3 is 2.60 bits per heavy atom. The number of esters is 1. The van der Waals surface area contributed by atoms with E-state index in [1.54, 1.807) is 6.92 Å². The van der Waals surface area contributed by atoms with Crippen LogP contribution in [0.2, 0.25) is 0 Å². The van der Waals surface area contributed by atoms with Gasteiger partial charge in [-0.05, 0) is 25.6 Å². The summed E-state index contributed by atoms with van der Waals surface area (Å²) in [5.74, 6) is -0.623. The summed E-state index contributed by atoms with van der Waals surface area (Å²) in [5.41, 5.74) is 0.00389. The monoisotopic (exact) mass is 228 g/mol. The molecule has 1 heterocycles. The molecule has 82 valence electrons. The van der Waals surface area contributed by atoms with E-state index in [9.17, 15) is 9.59 Å². The number of hydrogen-bond donors (Lipinski definition) is 2. The van der Waals surface area contributed by atoms with Crippen molar-refractivity contribution in [2.75, 3.05) is 6.61 Å². The molecule has 15 heavy (non-hydrogen) atoms. The molecule has 0 aliphatic heterocycles. The average molecular weight is 228 g/mol. The molecule has 5 nitrogen and oxygen atoms in total. The highest BCUT2D eigenvalue weighted by molar-refractivity contribution is 7.71. The first-order chi connectivity index (χ1) is 7.10. The highest BCUT2D eigenvalue weighted by Gasteiger charge is 2.16. The van der Waals surface area contributed by atoms with Gasteiger partial charge in [-0.15, -0.1) is 0 Å². The van der Waals surface area contributed by atoms with Crippen LogP contribution in [0.15, 0.2) is 4.79 Å². The number of carbonyl (C=O) groups excluding carboxylic acids is 1. The molecule has 0 radical (unpaired) electrons. The summed E-state index contributed by atoms with van der Waals surface area (Å²) in [4.78, 5) is 28.1. The van der Waals surface area contributed by atoms with Gasteiger partial charge in [0.2, 0.25) is 0 Å². The highest BCUT2D eigenvalue weighted by atomic mass is 32.1. The second kappa shape index (κ2) is 4.88. The number of rotatable bonds is 3. The molecule has 0 aliphatic rings. The molecule has 0 aliphatic carbocycles. The molecular formula is C9H12N2O3S. The zero-order valence-electron chi connectivity index (χ0n) is 8.55. The van der Waals surface area contributed by atoms with Crippen LogP contribution in [0, 0.1) is 4.77 Å². The van der Waals surface area contributed by atoms with E-state index in [-0.39, 0.29) is 16.9 Å². The summed E-state index contributed by atoms with van der Waals surface area (Å²) < 4.78 is 4.99. The van der Waals surface area contributed by atoms with Crippen molar-refractivity contribution in [1.29, 1.82) is 0 Å². The van der Waals surface area contributed by atoms with Gasteiger partial charge in [0.15, 0.2) is 4.77 Å². The zero-order chi connectivity index (χ0) is 11.4. The van der Waals surface area contributed by atoms with Crippen molar-refractivity contribution in [1.82, 2.24) is 9.97 Å². The predicted molar refractivity (Wildman–Crippen MR) is 57.6 cm³/mol. The molecule has 2 N–H and O–H groups in total. The number of aryl methyl sites for hydroxylation is 1. The molecule has 0 saturated carbocycles. The minimum Gasteiger partial charge on any atom is -0.462 e. The Balaban J connectivity index is 3.33. The fourth-order valence-electron chi connectivity index (χ4n) is 1.22. The Bertz CT molecular complexity index is 475. The number of H-pyrrole nitrogens is 2. The minimum atomic E-state index is -0.623. The number of carbonyl (C=O) groups is 1. The number of aromatic amines is 2. The van der Waals surface area contributed by atoms with Crippen LogP contribution in [-0.2, 0) is 11.2 Å². The Kier molecular flexibility index (Phi) is 3.79. The van der Waals surface area contributed by atoms with Gasteiger partial charge in [0.1, 0.15) is 5.56 Å². The maximum atomic E-state index is 11.5. The van der Waals surface area contributed by atoms with Crippen molar-refractivity contribution < 1.29 is 9.53 Å². The van der Waals surface area contributed by atoms with Crippen LogP contribution >= 0.6 is 12.2 Å². The molecular weight excluding hydrogens is 216 g/mol. The van der Waals surface area contributed by atoms with E-state index < -0.39 is 11.5 Å². The van der Waals surface area contributed by atoms with E-state index in [0.717, 1.165) is 0 Å². The van der Waals surface area contributed by atoms with Crippen molar-refractivity contribution in [2.24, 2.45) is 0 Å². The lowest BCUT2D eigenvalue weighted by Gasteiger charge is -2.05. The van der Waals surface area contributed by atoms with Gasteiger partial charge in [-0.25, -0.2) is 4.79 Å². The molecule has 0 amide bonds. The molecule has 0 spiro atoms.